The molecular formula is C20H30O2. The van der Waals surface area contributed by atoms with Crippen molar-refractivity contribution in [2.75, 3.05) is 0 Å². The summed E-state index contributed by atoms with van der Waals surface area (Å²) in [6.45, 7) is 8.97. The summed E-state index contributed by atoms with van der Waals surface area (Å²) in [6.07, 6.45) is 11.2. The van der Waals surface area contributed by atoms with Crippen LogP contribution in [0.15, 0.2) is 23.3 Å². The molecule has 0 aromatic carbocycles. The summed E-state index contributed by atoms with van der Waals surface area (Å²) in [4.78, 5) is 11.6. The lowest BCUT2D eigenvalue weighted by Crippen LogP contribution is -2.48. The van der Waals surface area contributed by atoms with Gasteiger partial charge in [-0.3, -0.25) is 4.79 Å². The third-order valence-electron chi connectivity index (χ3n) is 7.01. The Morgan fingerprint density at radius 3 is 2.68 bits per heavy atom. The van der Waals surface area contributed by atoms with Crippen LogP contribution in [0.25, 0.3) is 0 Å². The van der Waals surface area contributed by atoms with Gasteiger partial charge >= 0.3 is 5.97 Å². The van der Waals surface area contributed by atoms with E-state index >= 15 is 0 Å². The molecule has 0 aromatic heterocycles. The molecule has 3 rings (SSSR count). The van der Waals surface area contributed by atoms with E-state index in [1.165, 1.54) is 12.8 Å². The number of hydrogen-bond donors (Lipinski definition) is 1. The lowest BCUT2D eigenvalue weighted by molar-refractivity contribution is -0.154. The zero-order valence-electron chi connectivity index (χ0n) is 14.5. The number of aliphatic carboxylic acids is 1. The molecule has 3 aliphatic rings. The van der Waals surface area contributed by atoms with Gasteiger partial charge in [-0.1, -0.05) is 38.5 Å². The van der Waals surface area contributed by atoms with Crippen molar-refractivity contribution in [3.05, 3.63) is 23.3 Å². The van der Waals surface area contributed by atoms with E-state index in [0.717, 1.165) is 25.7 Å². The summed E-state index contributed by atoms with van der Waals surface area (Å²) < 4.78 is 0. The van der Waals surface area contributed by atoms with Crippen LogP contribution >= 0.6 is 0 Å². The van der Waals surface area contributed by atoms with Crippen molar-refractivity contribution in [1.29, 1.82) is 0 Å². The third-order valence-corrected chi connectivity index (χ3v) is 7.01. The fraction of sp³-hybridized carbons (Fsp3) is 0.750. The topological polar surface area (TPSA) is 37.3 Å². The van der Waals surface area contributed by atoms with Gasteiger partial charge in [-0.05, 0) is 74.2 Å². The van der Waals surface area contributed by atoms with Crippen molar-refractivity contribution in [3.63, 3.8) is 0 Å². The van der Waals surface area contributed by atoms with Crippen molar-refractivity contribution < 1.29 is 9.90 Å². The second kappa shape index (κ2) is 5.25. The Morgan fingerprint density at radius 1 is 1.32 bits per heavy atom. The summed E-state index contributed by atoms with van der Waals surface area (Å²) >= 11 is 0. The van der Waals surface area contributed by atoms with Crippen LogP contribution in [0.1, 0.15) is 66.2 Å². The molecule has 3 aliphatic carbocycles. The van der Waals surface area contributed by atoms with Crippen molar-refractivity contribution >= 4 is 5.97 Å². The molecule has 1 N–H and O–H groups in total. The molecule has 0 amide bonds. The maximum atomic E-state index is 11.6. The molecule has 0 heterocycles. The highest BCUT2D eigenvalue weighted by atomic mass is 16.4. The fourth-order valence-electron chi connectivity index (χ4n) is 5.14. The minimum atomic E-state index is -0.602. The lowest BCUT2D eigenvalue weighted by atomic mass is 9.49. The minimum absolute atomic E-state index is 0.304. The van der Waals surface area contributed by atoms with Crippen molar-refractivity contribution in [2.45, 2.75) is 66.2 Å². The van der Waals surface area contributed by atoms with Crippen molar-refractivity contribution in [1.82, 2.24) is 0 Å². The summed E-state index contributed by atoms with van der Waals surface area (Å²) in [5, 5.41) is 9.58. The van der Waals surface area contributed by atoms with E-state index in [0.29, 0.717) is 23.2 Å². The molecule has 0 saturated heterocycles. The summed E-state index contributed by atoms with van der Waals surface area (Å²) in [7, 11) is 0. The smallest absolute Gasteiger partial charge is 0.309 e. The number of carbonyl (C=O) groups is 1. The molecule has 122 valence electrons. The van der Waals surface area contributed by atoms with Crippen LogP contribution in [0.4, 0.5) is 0 Å². The molecule has 4 atom stereocenters. The molecule has 1 fully saturated rings. The summed E-state index contributed by atoms with van der Waals surface area (Å²) in [6, 6.07) is 0. The first-order chi connectivity index (χ1) is 10.3. The van der Waals surface area contributed by atoms with Crippen LogP contribution in [0.5, 0.6) is 0 Å². The molecule has 0 aliphatic heterocycles. The summed E-state index contributed by atoms with van der Waals surface area (Å²) in [5.41, 5.74) is 2.93. The number of carboxylic acid groups (broad SMARTS) is 1. The van der Waals surface area contributed by atoms with E-state index in [9.17, 15) is 9.90 Å². The average Bonchev–Trinajstić information content (AvgIpc) is 2.47. The van der Waals surface area contributed by atoms with Gasteiger partial charge in [0.15, 0.2) is 0 Å². The average molecular weight is 302 g/mol. The van der Waals surface area contributed by atoms with Crippen molar-refractivity contribution in [2.24, 2.45) is 28.6 Å². The van der Waals surface area contributed by atoms with Gasteiger partial charge in [-0.2, -0.15) is 0 Å². The van der Waals surface area contributed by atoms with E-state index in [2.05, 4.69) is 32.9 Å². The fourth-order valence-corrected chi connectivity index (χ4v) is 5.14. The van der Waals surface area contributed by atoms with Gasteiger partial charge in [0.2, 0.25) is 0 Å². The molecule has 4 unspecified atom stereocenters. The maximum absolute atomic E-state index is 11.6. The Labute approximate surface area is 134 Å². The lowest BCUT2D eigenvalue weighted by Gasteiger charge is -2.54. The van der Waals surface area contributed by atoms with Crippen LogP contribution in [-0.2, 0) is 4.79 Å². The molecule has 0 spiro atoms. The Balaban J connectivity index is 1.89. The standard InChI is InChI=1S/C20H30O2/c1-13(2)14-6-8-17-15(11-14)5-7-16-12-19(3,18(21)22)9-10-20(16,17)4/h5,11,13,16-17H,6-10,12H2,1-4H3,(H,21,22). The van der Waals surface area contributed by atoms with Crippen LogP contribution in [0.3, 0.4) is 0 Å². The monoisotopic (exact) mass is 302 g/mol. The molecule has 2 heteroatoms. The number of hydrogen-bond acceptors (Lipinski definition) is 1. The molecular weight excluding hydrogens is 272 g/mol. The first kappa shape index (κ1) is 15.8. The predicted octanol–water partition coefficient (Wildman–Crippen LogP) is 5.21. The van der Waals surface area contributed by atoms with Gasteiger partial charge < -0.3 is 5.11 Å². The van der Waals surface area contributed by atoms with Crippen LogP contribution in [0.2, 0.25) is 0 Å². The van der Waals surface area contributed by atoms with Gasteiger partial charge in [-0.15, -0.1) is 0 Å². The molecule has 0 bridgehead atoms. The third kappa shape index (κ3) is 2.35. The van der Waals surface area contributed by atoms with Crippen LogP contribution in [-0.4, -0.2) is 11.1 Å². The van der Waals surface area contributed by atoms with Gasteiger partial charge in [-0.25, -0.2) is 0 Å². The normalized spacial score (nSPS) is 41.3. The van der Waals surface area contributed by atoms with Crippen molar-refractivity contribution in [3.8, 4) is 0 Å². The molecule has 22 heavy (non-hydrogen) atoms. The quantitative estimate of drug-likeness (QED) is 0.760. The number of fused-ring (bicyclic) bond motifs is 3. The van der Waals surface area contributed by atoms with E-state index in [1.807, 2.05) is 6.92 Å². The highest BCUT2D eigenvalue weighted by Crippen LogP contribution is 2.60. The SMILES string of the molecule is CC(C)C1=CC2=CCC3CC(C)(C(=O)O)CCC3(C)C2CC1. The highest BCUT2D eigenvalue weighted by molar-refractivity contribution is 5.74. The number of carboxylic acids is 1. The Kier molecular flexibility index (Phi) is 3.78. The second-order valence-corrected chi connectivity index (χ2v) is 8.68. The second-order valence-electron chi connectivity index (χ2n) is 8.68. The van der Waals surface area contributed by atoms with E-state index in [4.69, 9.17) is 0 Å². The Hall–Kier alpha value is -1.05. The maximum Gasteiger partial charge on any atom is 0.309 e. The zero-order chi connectivity index (χ0) is 16.1. The summed E-state index contributed by atoms with van der Waals surface area (Å²) in [5.74, 6) is 1.22. The predicted molar refractivity (Wildman–Crippen MR) is 89.5 cm³/mol. The number of rotatable bonds is 2. The van der Waals surface area contributed by atoms with Gasteiger partial charge in [0.1, 0.15) is 0 Å². The molecule has 0 radical (unpaired) electrons. The Bertz CT molecular complexity index is 542. The van der Waals surface area contributed by atoms with Crippen LogP contribution < -0.4 is 0 Å². The molecule has 0 aromatic rings. The van der Waals surface area contributed by atoms with Crippen LogP contribution in [0, 0.1) is 28.6 Å². The first-order valence-electron chi connectivity index (χ1n) is 8.90. The largest absolute Gasteiger partial charge is 0.481 e. The molecule has 2 nitrogen and oxygen atoms in total. The van der Waals surface area contributed by atoms with E-state index < -0.39 is 11.4 Å². The Morgan fingerprint density at radius 2 is 2.05 bits per heavy atom. The van der Waals surface area contributed by atoms with Gasteiger partial charge in [0, 0.05) is 0 Å². The van der Waals surface area contributed by atoms with Gasteiger partial charge in [0.05, 0.1) is 5.41 Å². The number of allylic oxidation sites excluding steroid dienone is 4. The zero-order valence-corrected chi connectivity index (χ0v) is 14.5. The highest BCUT2D eigenvalue weighted by Gasteiger charge is 2.53. The minimum Gasteiger partial charge on any atom is -0.481 e. The molecule has 1 saturated carbocycles. The van der Waals surface area contributed by atoms with E-state index in [1.54, 1.807) is 11.1 Å². The first-order valence-corrected chi connectivity index (χ1v) is 8.90. The van der Waals surface area contributed by atoms with E-state index in [-0.39, 0.29) is 0 Å². The van der Waals surface area contributed by atoms with Gasteiger partial charge in [0.25, 0.3) is 0 Å².